The molecule has 1 fully saturated rings. The van der Waals surface area contributed by atoms with Crippen molar-refractivity contribution in [3.8, 4) is 0 Å². The maximum absolute atomic E-state index is 11.7. The second-order valence-electron chi connectivity index (χ2n) is 6.77. The summed E-state index contributed by atoms with van der Waals surface area (Å²) >= 11 is 0. The summed E-state index contributed by atoms with van der Waals surface area (Å²) in [6, 6.07) is 10.7. The average Bonchev–Trinajstić information content (AvgIpc) is 2.70. The van der Waals surface area contributed by atoms with Gasteiger partial charge in [0.2, 0.25) is 0 Å². The van der Waals surface area contributed by atoms with E-state index in [1.54, 1.807) is 0 Å². The highest BCUT2D eigenvalue weighted by Gasteiger charge is 2.27. The number of methoxy groups -OCH3 is 1. The van der Waals surface area contributed by atoms with E-state index in [4.69, 9.17) is 9.73 Å². The molecule has 1 N–H and O–H groups in total. The van der Waals surface area contributed by atoms with Gasteiger partial charge in [-0.3, -0.25) is 9.79 Å². The summed E-state index contributed by atoms with van der Waals surface area (Å²) in [5.41, 5.74) is 1.19. The van der Waals surface area contributed by atoms with Crippen LogP contribution in [0.1, 0.15) is 26.7 Å². The summed E-state index contributed by atoms with van der Waals surface area (Å²) in [5, 5.41) is 3.39. The molecular weight excluding hydrogens is 328 g/mol. The number of carbonyl (C=O) groups is 1. The van der Waals surface area contributed by atoms with Crippen molar-refractivity contribution in [2.75, 3.05) is 45.2 Å². The number of piperidine rings is 1. The third-order valence-electron chi connectivity index (χ3n) is 4.99. The molecule has 1 aromatic rings. The molecule has 26 heavy (non-hydrogen) atoms. The van der Waals surface area contributed by atoms with Gasteiger partial charge < -0.3 is 19.9 Å². The first kappa shape index (κ1) is 20.1. The lowest BCUT2D eigenvalue weighted by Crippen LogP contribution is -2.47. The number of hydrogen-bond donors (Lipinski definition) is 1. The monoisotopic (exact) mass is 360 g/mol. The van der Waals surface area contributed by atoms with E-state index in [1.807, 2.05) is 6.07 Å². The Kier molecular flexibility index (Phi) is 7.75. The molecule has 0 bridgehead atoms. The number of nitrogens with one attached hydrogen (secondary N) is 1. The largest absolute Gasteiger partial charge is 0.469 e. The number of benzene rings is 1. The van der Waals surface area contributed by atoms with Gasteiger partial charge in [-0.25, -0.2) is 0 Å². The number of likely N-dealkylation sites (N-methyl/N-ethyl adjacent to an activating group) is 1. The number of esters is 1. The Morgan fingerprint density at radius 1 is 1.35 bits per heavy atom. The molecule has 6 heteroatoms. The van der Waals surface area contributed by atoms with Crippen LogP contribution in [-0.4, -0.2) is 63.2 Å². The van der Waals surface area contributed by atoms with Crippen LogP contribution in [0.25, 0.3) is 0 Å². The Labute approximate surface area is 157 Å². The van der Waals surface area contributed by atoms with Crippen LogP contribution in [0, 0.1) is 5.92 Å². The van der Waals surface area contributed by atoms with E-state index < -0.39 is 0 Å². The van der Waals surface area contributed by atoms with Gasteiger partial charge in [0.1, 0.15) is 0 Å². The van der Waals surface area contributed by atoms with Crippen LogP contribution in [0.3, 0.4) is 0 Å². The van der Waals surface area contributed by atoms with Crippen LogP contribution in [0.4, 0.5) is 5.69 Å². The van der Waals surface area contributed by atoms with Crippen molar-refractivity contribution in [1.29, 1.82) is 0 Å². The van der Waals surface area contributed by atoms with E-state index in [0.29, 0.717) is 12.6 Å². The molecule has 6 nitrogen and oxygen atoms in total. The smallest absolute Gasteiger partial charge is 0.308 e. The number of ether oxygens (including phenoxy) is 1. The summed E-state index contributed by atoms with van der Waals surface area (Å²) < 4.78 is 4.87. The quantitative estimate of drug-likeness (QED) is 0.479. The first-order valence-corrected chi connectivity index (χ1v) is 9.45. The molecule has 0 radical (unpaired) electrons. The van der Waals surface area contributed by atoms with Gasteiger partial charge in [0.15, 0.2) is 5.96 Å². The predicted octanol–water partition coefficient (Wildman–Crippen LogP) is 2.36. The van der Waals surface area contributed by atoms with E-state index in [-0.39, 0.29) is 11.9 Å². The zero-order chi connectivity index (χ0) is 18.9. The van der Waals surface area contributed by atoms with Crippen molar-refractivity contribution in [3.05, 3.63) is 30.3 Å². The second-order valence-corrected chi connectivity index (χ2v) is 6.77. The Morgan fingerprint density at radius 3 is 2.58 bits per heavy atom. The molecule has 1 atom stereocenters. The molecule has 0 spiro atoms. The fourth-order valence-electron chi connectivity index (χ4n) is 3.18. The van der Waals surface area contributed by atoms with E-state index in [9.17, 15) is 4.79 Å². The number of para-hydroxylation sites is 1. The molecule has 1 heterocycles. The molecule has 1 aliphatic rings. The summed E-state index contributed by atoms with van der Waals surface area (Å²) in [6.07, 6.45) is 1.63. The second kappa shape index (κ2) is 10.0. The minimum atomic E-state index is -0.0929. The number of aliphatic imine (C=N–C) groups is 1. The Bertz CT molecular complexity index is 583. The Balaban J connectivity index is 1.95. The molecule has 1 saturated heterocycles. The van der Waals surface area contributed by atoms with E-state index >= 15 is 0 Å². The molecule has 0 saturated carbocycles. The van der Waals surface area contributed by atoms with Crippen LogP contribution >= 0.6 is 0 Å². The van der Waals surface area contributed by atoms with Crippen molar-refractivity contribution in [2.24, 2.45) is 10.9 Å². The van der Waals surface area contributed by atoms with Gasteiger partial charge in [0.05, 0.1) is 19.6 Å². The van der Waals surface area contributed by atoms with Crippen molar-refractivity contribution in [1.82, 2.24) is 10.2 Å². The summed E-state index contributed by atoms with van der Waals surface area (Å²) in [6.45, 7) is 7.46. The standard InChI is InChI=1S/C20H32N4O2/c1-5-21-20(24-13-11-17(12-14-24)19(25)26-4)22-15-16(2)23(3)18-9-7-6-8-10-18/h6-10,16-17H,5,11-15H2,1-4H3,(H,21,22). The molecular formula is C20H32N4O2. The van der Waals surface area contributed by atoms with Gasteiger partial charge in [0, 0.05) is 38.4 Å². The van der Waals surface area contributed by atoms with Gasteiger partial charge in [0.25, 0.3) is 0 Å². The number of nitrogens with zero attached hydrogens (tertiary/aromatic N) is 3. The first-order valence-electron chi connectivity index (χ1n) is 9.45. The van der Waals surface area contributed by atoms with Crippen LogP contribution in [0.15, 0.2) is 35.3 Å². The minimum Gasteiger partial charge on any atom is -0.469 e. The van der Waals surface area contributed by atoms with Crippen molar-refractivity contribution in [2.45, 2.75) is 32.7 Å². The third-order valence-corrected chi connectivity index (χ3v) is 4.99. The zero-order valence-electron chi connectivity index (χ0n) is 16.4. The van der Waals surface area contributed by atoms with Gasteiger partial charge >= 0.3 is 5.97 Å². The zero-order valence-corrected chi connectivity index (χ0v) is 16.4. The SMILES string of the molecule is CCNC(=NCC(C)N(C)c1ccccc1)N1CCC(C(=O)OC)CC1. The number of anilines is 1. The van der Waals surface area contributed by atoms with Crippen LogP contribution in [0.2, 0.25) is 0 Å². The van der Waals surface area contributed by atoms with Gasteiger partial charge in [-0.05, 0) is 38.8 Å². The lowest BCUT2D eigenvalue weighted by molar-refractivity contribution is -0.146. The summed E-state index contributed by atoms with van der Waals surface area (Å²) in [7, 11) is 3.56. The lowest BCUT2D eigenvalue weighted by Gasteiger charge is -2.33. The molecule has 0 aromatic heterocycles. The molecule has 144 valence electrons. The van der Waals surface area contributed by atoms with Crippen molar-refractivity contribution in [3.63, 3.8) is 0 Å². The van der Waals surface area contributed by atoms with E-state index in [0.717, 1.165) is 38.4 Å². The molecule has 2 rings (SSSR count). The lowest BCUT2D eigenvalue weighted by atomic mass is 9.97. The van der Waals surface area contributed by atoms with Crippen molar-refractivity contribution >= 4 is 17.6 Å². The highest BCUT2D eigenvalue weighted by atomic mass is 16.5. The maximum atomic E-state index is 11.7. The van der Waals surface area contributed by atoms with E-state index in [1.165, 1.54) is 12.8 Å². The number of guanidine groups is 1. The average molecular weight is 361 g/mol. The van der Waals surface area contributed by atoms with Crippen LogP contribution < -0.4 is 10.2 Å². The number of rotatable bonds is 6. The van der Waals surface area contributed by atoms with Crippen LogP contribution in [-0.2, 0) is 9.53 Å². The molecule has 0 amide bonds. The molecule has 1 unspecified atom stereocenters. The van der Waals surface area contributed by atoms with Gasteiger partial charge in [-0.15, -0.1) is 0 Å². The van der Waals surface area contributed by atoms with Crippen molar-refractivity contribution < 1.29 is 9.53 Å². The fourth-order valence-corrected chi connectivity index (χ4v) is 3.18. The minimum absolute atomic E-state index is 0.0160. The first-order chi connectivity index (χ1) is 12.6. The topological polar surface area (TPSA) is 57.2 Å². The molecule has 1 aromatic carbocycles. The third kappa shape index (κ3) is 5.38. The summed E-state index contributed by atoms with van der Waals surface area (Å²) in [4.78, 5) is 21.0. The highest BCUT2D eigenvalue weighted by Crippen LogP contribution is 2.19. The number of carbonyl (C=O) groups excluding carboxylic acids is 1. The fraction of sp³-hybridized carbons (Fsp3) is 0.600. The normalized spacial score (nSPS) is 16.9. The number of hydrogen-bond acceptors (Lipinski definition) is 4. The van der Waals surface area contributed by atoms with E-state index in [2.05, 4.69) is 60.3 Å². The molecule has 0 aliphatic carbocycles. The molecule has 1 aliphatic heterocycles. The van der Waals surface area contributed by atoms with Gasteiger partial charge in [-0.2, -0.15) is 0 Å². The van der Waals surface area contributed by atoms with Gasteiger partial charge in [-0.1, -0.05) is 18.2 Å². The Hall–Kier alpha value is -2.24. The Morgan fingerprint density at radius 2 is 2.00 bits per heavy atom. The highest BCUT2D eigenvalue weighted by molar-refractivity contribution is 5.80. The maximum Gasteiger partial charge on any atom is 0.308 e. The predicted molar refractivity (Wildman–Crippen MR) is 107 cm³/mol. The summed E-state index contributed by atoms with van der Waals surface area (Å²) in [5.74, 6) is 0.857. The van der Waals surface area contributed by atoms with Crippen LogP contribution in [0.5, 0.6) is 0 Å². The number of likely N-dealkylation sites (tertiary alicyclic amines) is 1.